The molecule has 0 saturated carbocycles. The molecular weight excluding hydrogens is 669 g/mol. The van der Waals surface area contributed by atoms with Crippen molar-refractivity contribution in [2.45, 2.75) is 23.2 Å². The van der Waals surface area contributed by atoms with E-state index in [-0.39, 0.29) is 29.6 Å². The third kappa shape index (κ3) is 4.58. The first kappa shape index (κ1) is 28.6. The Balaban J connectivity index is 1.49. The molecule has 40 heavy (non-hydrogen) atoms. The molecule has 0 amide bonds. The molecular formula is C17H24O15Si8. The Morgan fingerprint density at radius 2 is 1.10 bits per heavy atom. The first-order chi connectivity index (χ1) is 19.2. The minimum absolute atomic E-state index is 0.249. The van der Waals surface area contributed by atoms with Crippen LogP contribution in [0.1, 0.15) is 0 Å². The third-order valence-corrected chi connectivity index (χ3v) is 31.3. The molecule has 7 aliphatic heterocycles. The Bertz CT molecular complexity index is 1080. The zero-order valence-electron chi connectivity index (χ0n) is 20.9. The molecule has 7 heterocycles. The fourth-order valence-corrected chi connectivity index (χ4v) is 34.2. The fraction of sp³-hybridized carbons (Fsp3) is 0.412. The van der Waals surface area contributed by atoms with Crippen LogP contribution in [0.4, 0.5) is 0 Å². The van der Waals surface area contributed by atoms with E-state index in [2.05, 4.69) is 32.9 Å². The first-order valence-corrected chi connectivity index (χ1v) is 24.7. The van der Waals surface area contributed by atoms with Crippen molar-refractivity contribution >= 4 is 72.6 Å². The lowest BCUT2D eigenvalue weighted by atomic mass is 10.6. The molecule has 0 aromatic rings. The molecule has 7 atom stereocenters. The van der Waals surface area contributed by atoms with Crippen LogP contribution in [0, 0.1) is 0 Å². The van der Waals surface area contributed by atoms with Crippen LogP contribution in [0.2, 0.25) is 0 Å². The summed E-state index contributed by atoms with van der Waals surface area (Å²) in [6, 6.07) is 0. The molecule has 7 saturated heterocycles. The highest BCUT2D eigenvalue weighted by Gasteiger charge is 2.81. The molecule has 23 heteroatoms. The maximum atomic E-state index is 6.78. The van der Waals surface area contributed by atoms with Crippen LogP contribution >= 0.6 is 0 Å². The number of hydrogen-bond donors (Lipinski definition) is 0. The van der Waals surface area contributed by atoms with Gasteiger partial charge in [0.25, 0.3) is 15.7 Å². The van der Waals surface area contributed by atoms with Gasteiger partial charge in [-0.1, -0.05) is 32.0 Å². The maximum absolute atomic E-state index is 6.78. The second-order valence-electron chi connectivity index (χ2n) is 9.14. The van der Waals surface area contributed by atoms with Gasteiger partial charge >= 0.3 is 62.8 Å². The molecule has 4 radical (unpaired) electrons. The fourth-order valence-electron chi connectivity index (χ4n) is 4.33. The van der Waals surface area contributed by atoms with E-state index >= 15 is 0 Å². The van der Waals surface area contributed by atoms with E-state index in [9.17, 15) is 0 Å². The predicted octanol–water partition coefficient (Wildman–Crippen LogP) is -1.00. The van der Waals surface area contributed by atoms with E-state index in [1.807, 2.05) is 0 Å². The molecule has 15 nitrogen and oxygen atoms in total. The monoisotopic (exact) mass is 692 g/mol. The minimum atomic E-state index is -4.24. The summed E-state index contributed by atoms with van der Waals surface area (Å²) >= 11 is 0. The van der Waals surface area contributed by atoms with Crippen molar-refractivity contribution in [3.63, 3.8) is 0 Å². The van der Waals surface area contributed by atoms with E-state index < -0.39 is 86.0 Å². The zero-order valence-corrected chi connectivity index (χ0v) is 28.9. The van der Waals surface area contributed by atoms with Gasteiger partial charge in [0.15, 0.2) is 0 Å². The van der Waals surface area contributed by atoms with Gasteiger partial charge in [0.1, 0.15) is 17.2 Å². The molecule has 7 rings (SSSR count). The van der Waals surface area contributed by atoms with Crippen LogP contribution in [0.25, 0.3) is 0 Å². The topological polar surface area (TPSA) is 148 Å². The highest BCUT2D eigenvalue weighted by molar-refractivity contribution is 6.96. The van der Waals surface area contributed by atoms with Crippen molar-refractivity contribution in [1.29, 1.82) is 0 Å². The molecule has 214 valence electrons. The van der Waals surface area contributed by atoms with Crippen LogP contribution in [-0.2, 0) is 64.5 Å². The van der Waals surface area contributed by atoms with Gasteiger partial charge in [0.05, 0.1) is 19.8 Å². The van der Waals surface area contributed by atoms with E-state index in [1.165, 1.54) is 23.2 Å². The number of epoxide rings is 3. The number of ether oxygens (including phenoxy) is 3. The van der Waals surface area contributed by atoms with Crippen molar-refractivity contribution in [2.75, 3.05) is 19.8 Å². The van der Waals surface area contributed by atoms with E-state index in [4.69, 9.17) is 64.5 Å². The predicted molar refractivity (Wildman–Crippen MR) is 142 cm³/mol. The summed E-state index contributed by atoms with van der Waals surface area (Å²) in [6.45, 7) is 20.4. The van der Waals surface area contributed by atoms with Crippen molar-refractivity contribution in [3.05, 3.63) is 61.8 Å². The Hall–Kier alpha value is -0.165. The lowest BCUT2D eigenvalue weighted by Gasteiger charge is -2.57. The molecule has 6 bridgehead atoms. The average Bonchev–Trinajstić information content (AvgIpc) is 3.77. The first-order valence-electron chi connectivity index (χ1n) is 12.0. The van der Waals surface area contributed by atoms with Gasteiger partial charge in [-0.25, -0.2) is 0 Å². The summed E-state index contributed by atoms with van der Waals surface area (Å²) < 4.78 is 96.3. The van der Waals surface area contributed by atoms with Crippen LogP contribution in [0.15, 0.2) is 61.8 Å². The molecule has 0 spiro atoms. The Kier molecular flexibility index (Phi) is 6.91. The second-order valence-corrected chi connectivity index (χ2v) is 28.3. The lowest BCUT2D eigenvalue weighted by molar-refractivity contribution is -0.281. The van der Waals surface area contributed by atoms with Crippen LogP contribution in [0.3, 0.4) is 0 Å². The van der Waals surface area contributed by atoms with Gasteiger partial charge in [-0.15, -0.1) is 6.58 Å². The van der Waals surface area contributed by atoms with Crippen molar-refractivity contribution in [1.82, 2.24) is 0 Å². The van der Waals surface area contributed by atoms with Crippen molar-refractivity contribution in [2.24, 2.45) is 0 Å². The highest BCUT2D eigenvalue weighted by atomic mass is 28.6. The number of rotatable bonds is 10. The van der Waals surface area contributed by atoms with Crippen LogP contribution in [0.5, 0.6) is 0 Å². The van der Waals surface area contributed by atoms with Crippen molar-refractivity contribution < 1.29 is 64.5 Å². The second kappa shape index (κ2) is 9.67. The van der Waals surface area contributed by atoms with Gasteiger partial charge < -0.3 is 64.5 Å². The Labute approximate surface area is 241 Å². The van der Waals surface area contributed by atoms with Gasteiger partial charge in [-0.3, -0.25) is 0 Å². The van der Waals surface area contributed by atoms with E-state index in [0.717, 1.165) is 0 Å². The van der Waals surface area contributed by atoms with E-state index in [0.29, 0.717) is 0 Å². The Morgan fingerprint density at radius 3 is 1.45 bits per heavy atom. The summed E-state index contributed by atoms with van der Waals surface area (Å²) in [6.07, 6.45) is 1.26. The standard InChI is InChI=1S/C17H24O15Si8/c1-6-17-21-35(8-3)27-38(14-11-18-14,24-33-7-2)28-36(9-4,22-17)30-40(16-13-20-16)26-34-25-39(29-35,15-12-19-15)31-37(10-5,23-17)32-40/h6-10,14-16H,1-5,11-13H2. The number of hydrogen-bond acceptors (Lipinski definition) is 15. The number of fused-ring (bicyclic) bond motifs is 4. The summed E-state index contributed by atoms with van der Waals surface area (Å²) in [5.74, 6) is -2.15. The largest absolute Gasteiger partial charge is 0.518 e. The normalized spacial score (nSPS) is 54.4. The third-order valence-electron chi connectivity index (χ3n) is 6.40. The van der Waals surface area contributed by atoms with Crippen LogP contribution in [-0.4, -0.2) is 116 Å². The summed E-state index contributed by atoms with van der Waals surface area (Å²) in [4.78, 5) is 0. The van der Waals surface area contributed by atoms with Gasteiger partial charge in [0.2, 0.25) is 0 Å². The highest BCUT2D eigenvalue weighted by Crippen LogP contribution is 2.50. The van der Waals surface area contributed by atoms with Crippen LogP contribution < -0.4 is 0 Å². The summed E-state index contributed by atoms with van der Waals surface area (Å²) in [5.41, 5.74) is 3.90. The van der Waals surface area contributed by atoms with Gasteiger partial charge in [0, 0.05) is 0 Å². The summed E-state index contributed by atoms with van der Waals surface area (Å²) in [5, 5.41) is 0. The summed E-state index contributed by atoms with van der Waals surface area (Å²) in [7, 11) is -25.5. The average molecular weight is 693 g/mol. The van der Waals surface area contributed by atoms with Crippen molar-refractivity contribution in [3.8, 4) is 0 Å². The molecule has 0 aromatic carbocycles. The van der Waals surface area contributed by atoms with Gasteiger partial charge in [-0.2, -0.15) is 0 Å². The van der Waals surface area contributed by atoms with E-state index in [1.54, 1.807) is 5.70 Å². The molecule has 0 aliphatic carbocycles. The van der Waals surface area contributed by atoms with Gasteiger partial charge in [-0.05, 0) is 23.2 Å². The quantitative estimate of drug-likeness (QED) is 0.156. The minimum Gasteiger partial charge on any atom is -0.410 e. The molecule has 7 fully saturated rings. The maximum Gasteiger partial charge on any atom is 0.518 e. The molecule has 0 N–H and O–H groups in total. The molecule has 7 unspecified atom stereocenters. The Morgan fingerprint density at radius 1 is 0.675 bits per heavy atom. The zero-order chi connectivity index (χ0) is 27.9. The molecule has 0 aromatic heterocycles. The SMILES string of the molecule is C=C[Si]O[Si]1(C2CO2)O[Si]2(C=C)OC3(C=C)O[Si](C=C)(O1)O[Si]1(C4CO4)O[Si]O[Si](C4CO4)(O2)O[Si](C=C)(O3)O1. The smallest absolute Gasteiger partial charge is 0.410 e. The lowest BCUT2D eigenvalue weighted by Crippen LogP contribution is -2.83. The molecule has 7 aliphatic rings.